The largest absolute Gasteiger partial charge is 0.429 e. The molecule has 0 bridgehead atoms. The predicted molar refractivity (Wildman–Crippen MR) is 103 cm³/mol. The fourth-order valence-electron chi connectivity index (χ4n) is 2.62. The molecule has 0 radical (unpaired) electrons. The van der Waals surface area contributed by atoms with Gasteiger partial charge in [0.05, 0.1) is 0 Å². The van der Waals surface area contributed by atoms with E-state index < -0.39 is 0 Å². The van der Waals surface area contributed by atoms with Gasteiger partial charge in [0.1, 0.15) is 11.5 Å². The van der Waals surface area contributed by atoms with Crippen LogP contribution in [0.25, 0.3) is 21.9 Å². The third-order valence-corrected chi connectivity index (χ3v) is 4.31. The molecule has 0 aliphatic carbocycles. The quantitative estimate of drug-likeness (QED) is 0.423. The Labute approximate surface area is 151 Å². The highest BCUT2D eigenvalue weighted by molar-refractivity contribution is 7.75. The van der Waals surface area contributed by atoms with E-state index in [9.17, 15) is 0 Å². The maximum atomic E-state index is 5.38. The molecule has 0 N–H and O–H groups in total. The van der Waals surface area contributed by atoms with Crippen LogP contribution in [-0.2, 0) is 0 Å². The van der Waals surface area contributed by atoms with Crippen LogP contribution < -0.4 is 12.5 Å². The Bertz CT molecular complexity index is 865. The number of hydrogen-bond acceptors (Lipinski definition) is 6. The van der Waals surface area contributed by atoms with Crippen molar-refractivity contribution in [3.8, 4) is 28.4 Å². The maximum Gasteiger partial charge on any atom is 0.152 e. The van der Waals surface area contributed by atoms with Crippen molar-refractivity contribution in [3.63, 3.8) is 0 Å². The van der Waals surface area contributed by atoms with Gasteiger partial charge in [-0.15, -0.1) is 0 Å². The van der Waals surface area contributed by atoms with Gasteiger partial charge in [-0.2, -0.15) is 0 Å². The highest BCUT2D eigenvalue weighted by atomic mass is 32.1. The first-order valence-electron chi connectivity index (χ1n) is 6.80. The van der Waals surface area contributed by atoms with Gasteiger partial charge in [-0.1, -0.05) is 30.3 Å². The summed E-state index contributed by atoms with van der Waals surface area (Å²) < 4.78 is 15.6. The molecule has 3 aromatic rings. The molecule has 0 aliphatic rings. The zero-order valence-corrected chi connectivity index (χ0v) is 14.9. The molecule has 118 valence electrons. The van der Waals surface area contributed by atoms with Crippen molar-refractivity contribution in [1.82, 2.24) is 0 Å². The lowest BCUT2D eigenvalue weighted by molar-refractivity contribution is 0.651. The number of fused-ring (bicyclic) bond motifs is 1. The molecule has 0 unspecified atom stereocenters. The zero-order chi connectivity index (χ0) is 16.4. The third-order valence-electron chi connectivity index (χ3n) is 3.73. The van der Waals surface area contributed by atoms with Crippen LogP contribution in [-0.4, -0.2) is 0 Å². The molecule has 0 atom stereocenters. The van der Waals surface area contributed by atoms with Crippen LogP contribution in [0.2, 0.25) is 0 Å². The average molecular weight is 362 g/mol. The van der Waals surface area contributed by atoms with E-state index in [0.29, 0.717) is 17.2 Å². The second-order valence-corrected chi connectivity index (χ2v) is 5.60. The van der Waals surface area contributed by atoms with Gasteiger partial charge in [-0.25, -0.2) is 0 Å². The number of aryl methyl sites for hydroxylation is 1. The van der Waals surface area contributed by atoms with Gasteiger partial charge < -0.3 is 12.5 Å². The van der Waals surface area contributed by atoms with Crippen molar-refractivity contribution < 1.29 is 12.5 Å². The molecule has 0 saturated heterocycles. The lowest BCUT2D eigenvalue weighted by Gasteiger charge is -2.15. The summed E-state index contributed by atoms with van der Waals surface area (Å²) in [6.45, 7) is 1.95. The van der Waals surface area contributed by atoms with Crippen molar-refractivity contribution in [2.24, 2.45) is 0 Å². The average Bonchev–Trinajstić information content (AvgIpc) is 2.60. The Morgan fingerprint density at radius 2 is 1.43 bits per heavy atom. The number of rotatable bonds is 4. The van der Waals surface area contributed by atoms with Gasteiger partial charge in [-0.3, -0.25) is 0 Å². The van der Waals surface area contributed by atoms with Crippen LogP contribution in [0, 0.1) is 6.92 Å². The lowest BCUT2D eigenvalue weighted by atomic mass is 9.97. The van der Waals surface area contributed by atoms with Gasteiger partial charge in [0, 0.05) is 55.1 Å². The van der Waals surface area contributed by atoms with Crippen molar-refractivity contribution in [1.29, 1.82) is 0 Å². The Kier molecular flexibility index (Phi) is 4.84. The van der Waals surface area contributed by atoms with Gasteiger partial charge in [0.25, 0.3) is 0 Å². The minimum atomic E-state index is 0.653. The van der Waals surface area contributed by atoms with Gasteiger partial charge in [-0.05, 0) is 36.2 Å². The van der Waals surface area contributed by atoms with Gasteiger partial charge in [0.15, 0.2) is 5.75 Å². The summed E-state index contributed by atoms with van der Waals surface area (Å²) in [5, 5.41) is 1.80. The first-order chi connectivity index (χ1) is 11.2. The Morgan fingerprint density at radius 1 is 0.739 bits per heavy atom. The molecule has 0 amide bonds. The van der Waals surface area contributed by atoms with E-state index in [4.69, 9.17) is 12.5 Å². The van der Waals surface area contributed by atoms with Crippen molar-refractivity contribution >= 4 is 49.5 Å². The second kappa shape index (κ2) is 6.86. The number of hydrogen-bond donors (Lipinski definition) is 3. The van der Waals surface area contributed by atoms with E-state index >= 15 is 0 Å². The third kappa shape index (κ3) is 2.94. The first-order valence-corrected chi connectivity index (χ1v) is 7.90. The summed E-state index contributed by atoms with van der Waals surface area (Å²) >= 11 is 11.9. The molecule has 0 fully saturated rings. The summed E-state index contributed by atoms with van der Waals surface area (Å²) in [5.74, 6) is 2.02. The summed E-state index contributed by atoms with van der Waals surface area (Å²) in [6.07, 6.45) is 0. The molecular formula is C17H14O3S3. The molecule has 3 rings (SSSR count). The smallest absolute Gasteiger partial charge is 0.152 e. The van der Waals surface area contributed by atoms with E-state index in [-0.39, 0.29) is 0 Å². The normalized spacial score (nSPS) is 10.6. The molecular weight excluding hydrogens is 348 g/mol. The molecule has 3 aromatic carbocycles. The molecule has 0 aromatic heterocycles. The Morgan fingerprint density at radius 3 is 2.04 bits per heavy atom. The van der Waals surface area contributed by atoms with E-state index in [1.165, 1.54) is 0 Å². The molecule has 0 aliphatic heterocycles. The molecule has 0 heterocycles. The number of benzene rings is 3. The van der Waals surface area contributed by atoms with Crippen molar-refractivity contribution in [2.45, 2.75) is 6.92 Å². The number of thiol groups is 3. The van der Waals surface area contributed by atoms with Crippen LogP contribution >= 0.6 is 38.7 Å². The van der Waals surface area contributed by atoms with Crippen LogP contribution in [0.1, 0.15) is 5.56 Å². The highest BCUT2D eigenvalue weighted by Crippen LogP contribution is 2.43. The topological polar surface area (TPSA) is 27.7 Å². The predicted octanol–water partition coefficient (Wildman–Crippen LogP) is 5.49. The lowest BCUT2D eigenvalue weighted by Crippen LogP contribution is -1.90. The van der Waals surface area contributed by atoms with E-state index in [1.807, 2.05) is 55.5 Å². The Hall–Kier alpha value is -1.63. The van der Waals surface area contributed by atoms with E-state index in [0.717, 1.165) is 27.5 Å². The SMILES string of the molecule is Cc1cc(-c2cc(OS)c3ccccc3c2OS)ccc1OS. The summed E-state index contributed by atoms with van der Waals surface area (Å²) in [7, 11) is 0. The van der Waals surface area contributed by atoms with Gasteiger partial charge in [0.2, 0.25) is 0 Å². The van der Waals surface area contributed by atoms with Crippen LogP contribution in [0.4, 0.5) is 0 Å². The summed E-state index contributed by atoms with van der Waals surface area (Å²) in [5.41, 5.74) is 2.78. The Balaban J connectivity index is 2.30. The molecule has 23 heavy (non-hydrogen) atoms. The van der Waals surface area contributed by atoms with Gasteiger partial charge >= 0.3 is 0 Å². The molecule has 6 heteroatoms. The fraction of sp³-hybridized carbons (Fsp3) is 0.0588. The van der Waals surface area contributed by atoms with E-state index in [1.54, 1.807) is 0 Å². The minimum absolute atomic E-state index is 0.653. The van der Waals surface area contributed by atoms with Crippen LogP contribution in [0.3, 0.4) is 0 Å². The van der Waals surface area contributed by atoms with Crippen LogP contribution in [0.15, 0.2) is 48.5 Å². The maximum absolute atomic E-state index is 5.38. The highest BCUT2D eigenvalue weighted by Gasteiger charge is 2.16. The monoisotopic (exact) mass is 362 g/mol. The molecule has 0 spiro atoms. The molecule has 0 saturated carbocycles. The first kappa shape index (κ1) is 16.2. The molecule has 3 nitrogen and oxygen atoms in total. The van der Waals surface area contributed by atoms with E-state index in [2.05, 4.69) is 38.7 Å². The zero-order valence-electron chi connectivity index (χ0n) is 12.2. The van der Waals surface area contributed by atoms with Crippen LogP contribution in [0.5, 0.6) is 17.2 Å². The standard InChI is InChI=1S/C17H14O3S3/c1-10-8-11(6-7-15(10)18-21)14-9-16(19-22)12-4-2-3-5-13(12)17(14)20-23/h2-9,21-23H,1H3. The summed E-state index contributed by atoms with van der Waals surface area (Å²) in [4.78, 5) is 0. The fourth-order valence-corrected chi connectivity index (χ4v) is 3.18. The van der Waals surface area contributed by atoms with Crippen molar-refractivity contribution in [2.75, 3.05) is 0 Å². The summed E-state index contributed by atoms with van der Waals surface area (Å²) in [6, 6.07) is 15.4. The minimum Gasteiger partial charge on any atom is -0.429 e. The van der Waals surface area contributed by atoms with Crippen molar-refractivity contribution in [3.05, 3.63) is 54.1 Å². The second-order valence-electron chi connectivity index (χ2n) is 5.05.